The molecule has 4 heteroatoms. The number of ether oxygens (including phenoxy) is 1. The van der Waals surface area contributed by atoms with Gasteiger partial charge >= 0.3 is 0 Å². The van der Waals surface area contributed by atoms with E-state index in [1.165, 1.54) is 0 Å². The molecule has 1 nitrogen and oxygen atoms in total. The SMILES string of the molecule is CC(C)c1cc(Br)ccc1Oc1ccc(Cl)cc1CCl. The van der Waals surface area contributed by atoms with Crippen molar-refractivity contribution in [2.24, 2.45) is 0 Å². The standard InChI is InChI=1S/C16H15BrCl2O/c1-10(2)14-8-12(17)3-5-16(14)20-15-6-4-13(19)7-11(15)9-18/h3-8,10H,9H2,1-2H3. The van der Waals surface area contributed by atoms with Gasteiger partial charge in [-0.25, -0.2) is 0 Å². The van der Waals surface area contributed by atoms with E-state index in [0.717, 1.165) is 27.1 Å². The number of alkyl halides is 1. The van der Waals surface area contributed by atoms with Gasteiger partial charge in [0.15, 0.2) is 0 Å². The van der Waals surface area contributed by atoms with E-state index < -0.39 is 0 Å². The van der Waals surface area contributed by atoms with Gasteiger partial charge in [-0.15, -0.1) is 11.6 Å². The second-order valence-electron chi connectivity index (χ2n) is 4.82. The van der Waals surface area contributed by atoms with Crippen molar-refractivity contribution in [3.8, 4) is 11.5 Å². The van der Waals surface area contributed by atoms with Gasteiger partial charge in [0.2, 0.25) is 0 Å². The first-order chi connectivity index (χ1) is 9.51. The molecule has 0 N–H and O–H groups in total. The van der Waals surface area contributed by atoms with Crippen molar-refractivity contribution < 1.29 is 4.74 Å². The van der Waals surface area contributed by atoms with Gasteiger partial charge in [0, 0.05) is 15.1 Å². The zero-order valence-electron chi connectivity index (χ0n) is 11.3. The van der Waals surface area contributed by atoms with Crippen molar-refractivity contribution in [3.63, 3.8) is 0 Å². The number of hydrogen-bond acceptors (Lipinski definition) is 1. The van der Waals surface area contributed by atoms with Crippen molar-refractivity contribution in [2.45, 2.75) is 25.6 Å². The molecule has 0 fully saturated rings. The van der Waals surface area contributed by atoms with Crippen molar-refractivity contribution >= 4 is 39.1 Å². The van der Waals surface area contributed by atoms with Crippen molar-refractivity contribution in [2.75, 3.05) is 0 Å². The van der Waals surface area contributed by atoms with Crippen LogP contribution in [0.4, 0.5) is 0 Å². The summed E-state index contributed by atoms with van der Waals surface area (Å²) in [6.45, 7) is 4.28. The average Bonchev–Trinajstić information content (AvgIpc) is 2.42. The Hall–Kier alpha value is -0.700. The number of halogens is 3. The molecule has 0 saturated carbocycles. The van der Waals surface area contributed by atoms with Gasteiger partial charge in [0.1, 0.15) is 11.5 Å². The van der Waals surface area contributed by atoms with Gasteiger partial charge in [-0.3, -0.25) is 0 Å². The molecule has 0 amide bonds. The molecule has 0 aliphatic rings. The summed E-state index contributed by atoms with van der Waals surface area (Å²) >= 11 is 15.4. The zero-order chi connectivity index (χ0) is 14.7. The van der Waals surface area contributed by atoms with Gasteiger partial charge in [-0.1, -0.05) is 41.4 Å². The molecule has 2 aromatic carbocycles. The Morgan fingerprint density at radius 2 is 1.80 bits per heavy atom. The smallest absolute Gasteiger partial charge is 0.131 e. The molecule has 0 bridgehead atoms. The molecule has 0 aromatic heterocycles. The lowest BCUT2D eigenvalue weighted by atomic mass is 10.0. The topological polar surface area (TPSA) is 9.23 Å². The van der Waals surface area contributed by atoms with E-state index in [-0.39, 0.29) is 0 Å². The maximum atomic E-state index is 6.04. The van der Waals surface area contributed by atoms with Gasteiger partial charge in [-0.05, 0) is 47.9 Å². The zero-order valence-corrected chi connectivity index (χ0v) is 14.4. The third-order valence-corrected chi connectivity index (χ3v) is 4.00. The Morgan fingerprint density at radius 3 is 2.45 bits per heavy atom. The van der Waals surface area contributed by atoms with Crippen LogP contribution in [0.3, 0.4) is 0 Å². The van der Waals surface area contributed by atoms with Gasteiger partial charge in [0.05, 0.1) is 5.88 Å². The van der Waals surface area contributed by atoms with E-state index in [2.05, 4.69) is 35.8 Å². The Morgan fingerprint density at radius 1 is 1.10 bits per heavy atom. The highest BCUT2D eigenvalue weighted by Crippen LogP contribution is 2.35. The summed E-state index contributed by atoms with van der Waals surface area (Å²) in [6, 6.07) is 11.5. The number of rotatable bonds is 4. The second-order valence-corrected chi connectivity index (χ2v) is 6.44. The molecule has 0 atom stereocenters. The minimum atomic E-state index is 0.365. The summed E-state index contributed by atoms with van der Waals surface area (Å²) in [5.41, 5.74) is 2.03. The molecule has 106 valence electrons. The van der Waals surface area contributed by atoms with Crippen LogP contribution in [0.2, 0.25) is 5.02 Å². The van der Waals surface area contributed by atoms with Crippen LogP contribution in [0.25, 0.3) is 0 Å². The predicted octanol–water partition coefficient (Wildman–Crippen LogP) is 6.76. The highest BCUT2D eigenvalue weighted by Gasteiger charge is 2.12. The quantitative estimate of drug-likeness (QED) is 0.538. The molecule has 2 rings (SSSR count). The van der Waals surface area contributed by atoms with Crippen LogP contribution in [-0.2, 0) is 5.88 Å². The maximum absolute atomic E-state index is 6.04. The van der Waals surface area contributed by atoms with Crippen molar-refractivity contribution in [1.82, 2.24) is 0 Å². The monoisotopic (exact) mass is 372 g/mol. The summed E-state index contributed by atoms with van der Waals surface area (Å²) in [5.74, 6) is 2.32. The molecule has 0 radical (unpaired) electrons. The predicted molar refractivity (Wildman–Crippen MR) is 89.3 cm³/mol. The lowest BCUT2D eigenvalue weighted by Gasteiger charge is -2.16. The van der Waals surface area contributed by atoms with E-state index >= 15 is 0 Å². The van der Waals surface area contributed by atoms with Crippen LogP contribution in [0.5, 0.6) is 11.5 Å². The lowest BCUT2D eigenvalue weighted by Crippen LogP contribution is -1.96. The summed E-state index contributed by atoms with van der Waals surface area (Å²) in [4.78, 5) is 0. The van der Waals surface area contributed by atoms with Gasteiger partial charge in [-0.2, -0.15) is 0 Å². The van der Waals surface area contributed by atoms with E-state index in [1.807, 2.05) is 24.3 Å². The number of hydrogen-bond donors (Lipinski definition) is 0. The molecule has 20 heavy (non-hydrogen) atoms. The van der Waals surface area contributed by atoms with Crippen LogP contribution in [0, 0.1) is 0 Å². The average molecular weight is 374 g/mol. The third kappa shape index (κ3) is 3.69. The Labute approximate surface area is 138 Å². The van der Waals surface area contributed by atoms with E-state index in [1.54, 1.807) is 6.07 Å². The van der Waals surface area contributed by atoms with E-state index in [9.17, 15) is 0 Å². The minimum absolute atomic E-state index is 0.365. The van der Waals surface area contributed by atoms with Crippen LogP contribution < -0.4 is 4.74 Å². The van der Waals surface area contributed by atoms with E-state index in [0.29, 0.717) is 16.8 Å². The molecular weight excluding hydrogens is 359 g/mol. The van der Waals surface area contributed by atoms with Crippen molar-refractivity contribution in [1.29, 1.82) is 0 Å². The van der Waals surface area contributed by atoms with Gasteiger partial charge < -0.3 is 4.74 Å². The fourth-order valence-electron chi connectivity index (χ4n) is 1.93. The Kier molecular flexibility index (Phi) is 5.36. The first-order valence-corrected chi connectivity index (χ1v) is 8.03. The number of benzene rings is 2. The Balaban J connectivity index is 2.39. The van der Waals surface area contributed by atoms with Gasteiger partial charge in [0.25, 0.3) is 0 Å². The highest BCUT2D eigenvalue weighted by atomic mass is 79.9. The first kappa shape index (κ1) is 15.7. The third-order valence-electron chi connectivity index (χ3n) is 2.98. The fraction of sp³-hybridized carbons (Fsp3) is 0.250. The van der Waals surface area contributed by atoms with Crippen molar-refractivity contribution in [3.05, 3.63) is 57.0 Å². The largest absolute Gasteiger partial charge is 0.457 e. The first-order valence-electron chi connectivity index (χ1n) is 6.33. The molecule has 2 aromatic rings. The van der Waals surface area contributed by atoms with Crippen LogP contribution in [0.15, 0.2) is 40.9 Å². The summed E-state index contributed by atoms with van der Waals surface area (Å²) in [5, 5.41) is 0.660. The molecule has 0 aliphatic heterocycles. The summed E-state index contributed by atoms with van der Waals surface area (Å²) in [7, 11) is 0. The summed E-state index contributed by atoms with van der Waals surface area (Å²) < 4.78 is 7.08. The van der Waals surface area contributed by atoms with E-state index in [4.69, 9.17) is 27.9 Å². The summed E-state index contributed by atoms with van der Waals surface area (Å²) in [6.07, 6.45) is 0. The molecule has 0 saturated heterocycles. The molecular formula is C16H15BrCl2O. The minimum Gasteiger partial charge on any atom is -0.457 e. The molecule has 0 aliphatic carbocycles. The van der Waals surface area contributed by atoms with Crippen LogP contribution in [-0.4, -0.2) is 0 Å². The fourth-order valence-corrected chi connectivity index (χ4v) is 2.72. The molecule has 0 heterocycles. The maximum Gasteiger partial charge on any atom is 0.131 e. The van der Waals surface area contributed by atoms with Crippen LogP contribution >= 0.6 is 39.1 Å². The Bertz CT molecular complexity index is 611. The molecule has 0 spiro atoms. The highest BCUT2D eigenvalue weighted by molar-refractivity contribution is 9.10. The lowest BCUT2D eigenvalue weighted by molar-refractivity contribution is 0.469. The molecule has 0 unspecified atom stereocenters. The normalized spacial score (nSPS) is 10.9. The van der Waals surface area contributed by atoms with Crippen LogP contribution in [0.1, 0.15) is 30.9 Å². The second kappa shape index (κ2) is 6.84.